The standard InChI is InChI=1S/C16H22N2O4/c1-8-12(9(2)17-13(8)16(21)22-5)14(19)10(3)18(4)15(20)11-6-7-11/h10-11,17H,6-7H2,1-5H3/t10-/m0/s1. The van der Waals surface area contributed by atoms with Gasteiger partial charge in [0, 0.05) is 24.2 Å². The topological polar surface area (TPSA) is 79.5 Å². The number of ether oxygens (including phenoxy) is 1. The molecular weight excluding hydrogens is 284 g/mol. The van der Waals surface area contributed by atoms with Crippen LogP contribution in [0.4, 0.5) is 0 Å². The summed E-state index contributed by atoms with van der Waals surface area (Å²) in [5, 5.41) is 0. The molecule has 0 radical (unpaired) electrons. The Kier molecular flexibility index (Phi) is 4.39. The predicted molar refractivity (Wildman–Crippen MR) is 80.9 cm³/mol. The summed E-state index contributed by atoms with van der Waals surface area (Å²) in [6, 6.07) is -0.563. The third-order valence-corrected chi connectivity index (χ3v) is 4.31. The van der Waals surface area contributed by atoms with Crippen LogP contribution in [0.25, 0.3) is 0 Å². The van der Waals surface area contributed by atoms with Crippen molar-refractivity contribution < 1.29 is 19.1 Å². The molecule has 1 heterocycles. The number of aromatic nitrogens is 1. The highest BCUT2D eigenvalue weighted by Gasteiger charge is 2.36. The number of H-pyrrole nitrogens is 1. The number of aryl methyl sites for hydroxylation is 1. The largest absolute Gasteiger partial charge is 0.464 e. The van der Waals surface area contributed by atoms with E-state index in [-0.39, 0.29) is 23.3 Å². The van der Waals surface area contributed by atoms with Crippen LogP contribution in [0.15, 0.2) is 0 Å². The number of esters is 1. The Morgan fingerprint density at radius 1 is 1.27 bits per heavy atom. The smallest absolute Gasteiger partial charge is 0.354 e. The summed E-state index contributed by atoms with van der Waals surface area (Å²) in [6.45, 7) is 5.16. The van der Waals surface area contributed by atoms with Crippen molar-refractivity contribution in [2.75, 3.05) is 14.2 Å². The third-order valence-electron chi connectivity index (χ3n) is 4.31. The van der Waals surface area contributed by atoms with Gasteiger partial charge in [-0.1, -0.05) is 0 Å². The molecule has 1 aromatic heterocycles. The number of carbonyl (C=O) groups is 3. The average Bonchev–Trinajstić information content (AvgIpc) is 3.30. The Morgan fingerprint density at radius 2 is 1.86 bits per heavy atom. The van der Waals surface area contributed by atoms with Crippen LogP contribution in [-0.4, -0.2) is 47.7 Å². The van der Waals surface area contributed by atoms with Crippen LogP contribution in [-0.2, 0) is 9.53 Å². The predicted octanol–water partition coefficient (Wildman–Crippen LogP) is 1.86. The molecule has 0 aromatic carbocycles. The molecule has 120 valence electrons. The second kappa shape index (κ2) is 5.94. The van der Waals surface area contributed by atoms with Gasteiger partial charge in [-0.15, -0.1) is 0 Å². The van der Waals surface area contributed by atoms with Crippen molar-refractivity contribution >= 4 is 17.7 Å². The molecule has 1 saturated carbocycles. The molecule has 0 unspecified atom stereocenters. The van der Waals surface area contributed by atoms with Crippen LogP contribution in [0, 0.1) is 19.8 Å². The molecule has 0 bridgehead atoms. The lowest BCUT2D eigenvalue weighted by atomic mass is 10.00. The summed E-state index contributed by atoms with van der Waals surface area (Å²) in [4.78, 5) is 40.9. The summed E-state index contributed by atoms with van der Waals surface area (Å²) in [7, 11) is 2.95. The van der Waals surface area contributed by atoms with Crippen molar-refractivity contribution in [1.82, 2.24) is 9.88 Å². The SMILES string of the molecule is COC(=O)c1[nH]c(C)c(C(=O)[C@H](C)N(C)C(=O)C2CC2)c1C. The Balaban J connectivity index is 2.27. The maximum absolute atomic E-state index is 12.7. The number of hydrogen-bond acceptors (Lipinski definition) is 4. The van der Waals surface area contributed by atoms with E-state index in [0.717, 1.165) is 12.8 Å². The second-order valence-electron chi connectivity index (χ2n) is 5.88. The number of ketones is 1. The number of carbonyl (C=O) groups excluding carboxylic acids is 3. The second-order valence-corrected chi connectivity index (χ2v) is 5.88. The Bertz CT molecular complexity index is 628. The number of nitrogens with one attached hydrogen (secondary N) is 1. The zero-order chi connectivity index (χ0) is 16.6. The molecule has 1 N–H and O–H groups in total. The summed E-state index contributed by atoms with van der Waals surface area (Å²) in [6.07, 6.45) is 1.80. The fraction of sp³-hybridized carbons (Fsp3) is 0.562. The minimum Gasteiger partial charge on any atom is -0.464 e. The van der Waals surface area contributed by atoms with Crippen LogP contribution < -0.4 is 0 Å². The highest BCUT2D eigenvalue weighted by atomic mass is 16.5. The van der Waals surface area contributed by atoms with E-state index in [2.05, 4.69) is 4.98 Å². The first kappa shape index (κ1) is 16.3. The van der Waals surface area contributed by atoms with E-state index in [1.165, 1.54) is 12.0 Å². The normalized spacial score (nSPS) is 15.3. The number of nitrogens with zero attached hydrogens (tertiary/aromatic N) is 1. The van der Waals surface area contributed by atoms with Crippen LogP contribution in [0.5, 0.6) is 0 Å². The minimum atomic E-state index is -0.563. The zero-order valence-electron chi connectivity index (χ0n) is 13.6. The fourth-order valence-corrected chi connectivity index (χ4v) is 2.62. The molecule has 1 fully saturated rings. The molecule has 1 amide bonds. The summed E-state index contributed by atoms with van der Waals surface area (Å²) >= 11 is 0. The zero-order valence-corrected chi connectivity index (χ0v) is 13.6. The van der Waals surface area contributed by atoms with Crippen LogP contribution in [0.1, 0.15) is 51.9 Å². The van der Waals surface area contributed by atoms with Crippen molar-refractivity contribution in [3.05, 3.63) is 22.5 Å². The molecule has 0 saturated heterocycles. The number of likely N-dealkylation sites (N-methyl/N-ethyl adjacent to an activating group) is 1. The first-order valence-corrected chi connectivity index (χ1v) is 7.37. The molecule has 6 heteroatoms. The van der Waals surface area contributed by atoms with E-state index in [4.69, 9.17) is 4.74 Å². The number of Topliss-reactive ketones (excluding diaryl/α,β-unsaturated/α-hetero) is 1. The number of rotatable bonds is 5. The quantitative estimate of drug-likeness (QED) is 0.665. The monoisotopic (exact) mass is 306 g/mol. The fourth-order valence-electron chi connectivity index (χ4n) is 2.62. The van der Waals surface area contributed by atoms with Crippen molar-refractivity contribution in [3.8, 4) is 0 Å². The Labute approximate surface area is 129 Å². The van der Waals surface area contributed by atoms with Gasteiger partial charge < -0.3 is 14.6 Å². The van der Waals surface area contributed by atoms with Gasteiger partial charge in [0.1, 0.15) is 5.69 Å². The number of hydrogen-bond donors (Lipinski definition) is 1. The molecule has 22 heavy (non-hydrogen) atoms. The van der Waals surface area contributed by atoms with Gasteiger partial charge in [-0.25, -0.2) is 4.79 Å². The van der Waals surface area contributed by atoms with E-state index in [1.54, 1.807) is 27.8 Å². The van der Waals surface area contributed by atoms with E-state index in [1.807, 2.05) is 0 Å². The first-order chi connectivity index (χ1) is 10.3. The average molecular weight is 306 g/mol. The molecular formula is C16H22N2O4. The molecule has 0 spiro atoms. The summed E-state index contributed by atoms with van der Waals surface area (Å²) in [5.74, 6) is -0.591. The van der Waals surface area contributed by atoms with Gasteiger partial charge >= 0.3 is 5.97 Å². The van der Waals surface area contributed by atoms with Gasteiger partial charge in [0.15, 0.2) is 5.78 Å². The van der Waals surface area contributed by atoms with Crippen LogP contribution in [0.3, 0.4) is 0 Å². The highest BCUT2D eigenvalue weighted by Crippen LogP contribution is 2.31. The lowest BCUT2D eigenvalue weighted by molar-refractivity contribution is -0.132. The lowest BCUT2D eigenvalue weighted by Crippen LogP contribution is -2.41. The Hall–Kier alpha value is -2.11. The summed E-state index contributed by atoms with van der Waals surface area (Å²) in [5.41, 5.74) is 1.92. The molecule has 1 aliphatic carbocycles. The van der Waals surface area contributed by atoms with Crippen LogP contribution in [0.2, 0.25) is 0 Å². The molecule has 6 nitrogen and oxygen atoms in total. The maximum atomic E-state index is 12.7. The molecule has 1 aliphatic rings. The van der Waals surface area contributed by atoms with Crippen molar-refractivity contribution in [3.63, 3.8) is 0 Å². The number of amides is 1. The number of methoxy groups -OCH3 is 1. The van der Waals surface area contributed by atoms with Gasteiger partial charge in [0.05, 0.1) is 13.2 Å². The van der Waals surface area contributed by atoms with E-state index < -0.39 is 12.0 Å². The highest BCUT2D eigenvalue weighted by molar-refractivity contribution is 6.06. The van der Waals surface area contributed by atoms with Gasteiger partial charge in [0.25, 0.3) is 0 Å². The molecule has 1 atom stereocenters. The molecule has 2 rings (SSSR count). The minimum absolute atomic E-state index is 0.0138. The molecule has 1 aromatic rings. The van der Waals surface area contributed by atoms with Crippen LogP contribution >= 0.6 is 0 Å². The Morgan fingerprint density at radius 3 is 2.36 bits per heavy atom. The van der Waals surface area contributed by atoms with Crippen molar-refractivity contribution in [1.29, 1.82) is 0 Å². The van der Waals surface area contributed by atoms with Gasteiger partial charge in [0.2, 0.25) is 5.91 Å². The van der Waals surface area contributed by atoms with E-state index in [0.29, 0.717) is 16.8 Å². The third kappa shape index (κ3) is 2.77. The number of aromatic amines is 1. The first-order valence-electron chi connectivity index (χ1n) is 7.37. The molecule has 0 aliphatic heterocycles. The van der Waals surface area contributed by atoms with Crippen molar-refractivity contribution in [2.24, 2.45) is 5.92 Å². The lowest BCUT2D eigenvalue weighted by Gasteiger charge is -2.24. The van der Waals surface area contributed by atoms with E-state index >= 15 is 0 Å². The van der Waals surface area contributed by atoms with Gasteiger partial charge in [-0.3, -0.25) is 9.59 Å². The maximum Gasteiger partial charge on any atom is 0.354 e. The van der Waals surface area contributed by atoms with E-state index in [9.17, 15) is 14.4 Å². The summed E-state index contributed by atoms with van der Waals surface area (Å²) < 4.78 is 4.71. The van der Waals surface area contributed by atoms with Gasteiger partial charge in [-0.2, -0.15) is 0 Å². The van der Waals surface area contributed by atoms with Crippen molar-refractivity contribution in [2.45, 2.75) is 39.7 Å². The van der Waals surface area contributed by atoms with Gasteiger partial charge in [-0.05, 0) is 39.2 Å².